The molecule has 1 aromatic heterocycles. The molecule has 0 radical (unpaired) electrons. The molecule has 2 N–H and O–H groups in total. The van der Waals surface area contributed by atoms with E-state index in [1.807, 2.05) is 39.0 Å². The maximum atomic E-state index is 6.10. The minimum absolute atomic E-state index is 0.108. The molecule has 2 aromatic rings. The summed E-state index contributed by atoms with van der Waals surface area (Å²) in [6.07, 6.45) is 0.108. The first-order valence-corrected chi connectivity index (χ1v) is 7.18. The molecule has 2 rings (SSSR count). The molecule has 0 fully saturated rings. The maximum absolute atomic E-state index is 6.10. The predicted octanol–water partition coefficient (Wildman–Crippen LogP) is 3.37. The highest BCUT2D eigenvalue weighted by molar-refractivity contribution is 8.01. The molecule has 0 unspecified atom stereocenters. The lowest BCUT2D eigenvalue weighted by Crippen LogP contribution is -2.07. The Morgan fingerprint density at radius 3 is 2.78 bits per heavy atom. The Balaban J connectivity index is 2.23. The summed E-state index contributed by atoms with van der Waals surface area (Å²) in [5.41, 5.74) is 6.75. The average molecular weight is 281 g/mol. The van der Waals surface area contributed by atoms with Crippen LogP contribution in [0.15, 0.2) is 27.4 Å². The summed E-state index contributed by atoms with van der Waals surface area (Å²) in [6.45, 7) is 5.84. The van der Waals surface area contributed by atoms with Crippen LogP contribution in [0, 0.1) is 6.92 Å². The van der Waals surface area contributed by atoms with Crippen LogP contribution in [0.4, 0.5) is 5.69 Å². The van der Waals surface area contributed by atoms with E-state index in [0.29, 0.717) is 5.69 Å². The summed E-state index contributed by atoms with van der Waals surface area (Å²) in [6, 6.07) is 5.78. The molecule has 0 saturated heterocycles. The highest BCUT2D eigenvalue weighted by Gasteiger charge is 2.10. The van der Waals surface area contributed by atoms with Crippen LogP contribution in [-0.4, -0.2) is 15.5 Å². The number of benzene rings is 1. The van der Waals surface area contributed by atoms with Crippen LogP contribution in [0.1, 0.15) is 19.7 Å². The molecular weight excluding hydrogens is 266 g/mol. The number of rotatable bonds is 4. The van der Waals surface area contributed by atoms with Gasteiger partial charge in [0.05, 0.1) is 11.8 Å². The average Bonchev–Trinajstić information content (AvgIpc) is 2.69. The van der Waals surface area contributed by atoms with Gasteiger partial charge in [-0.25, -0.2) is 4.98 Å². The molecule has 0 aliphatic rings. The lowest BCUT2D eigenvalue weighted by Gasteiger charge is -2.13. The molecule has 0 saturated carbocycles. The lowest BCUT2D eigenvalue weighted by molar-refractivity contribution is 0.243. The van der Waals surface area contributed by atoms with Crippen molar-refractivity contribution >= 4 is 29.0 Å². The molecule has 1 aromatic carbocycles. The molecule has 0 aliphatic carbocycles. The number of hydrogen-bond acceptors (Lipinski definition) is 6. The van der Waals surface area contributed by atoms with Crippen molar-refractivity contribution < 1.29 is 4.74 Å². The SMILES string of the molecule is Cc1nsc(Sc2cccc(OC(C)C)c2N)n1. The number of nitrogens with two attached hydrogens (primary N) is 1. The lowest BCUT2D eigenvalue weighted by atomic mass is 10.3. The third-order valence-corrected chi connectivity index (χ3v) is 4.01. The van der Waals surface area contributed by atoms with Crippen molar-refractivity contribution in [2.24, 2.45) is 0 Å². The second kappa shape index (κ2) is 5.58. The number of ether oxygens (including phenoxy) is 1. The molecule has 1 heterocycles. The zero-order chi connectivity index (χ0) is 13.1. The van der Waals surface area contributed by atoms with Gasteiger partial charge in [-0.05, 0) is 44.4 Å². The van der Waals surface area contributed by atoms with Crippen molar-refractivity contribution in [2.45, 2.75) is 36.1 Å². The number of aryl methyl sites for hydroxylation is 1. The van der Waals surface area contributed by atoms with Crippen LogP contribution in [0.2, 0.25) is 0 Å². The molecule has 0 aliphatic heterocycles. The minimum atomic E-state index is 0.108. The van der Waals surface area contributed by atoms with Crippen LogP contribution in [0.5, 0.6) is 5.75 Å². The highest BCUT2D eigenvalue weighted by Crippen LogP contribution is 2.37. The quantitative estimate of drug-likeness (QED) is 0.871. The van der Waals surface area contributed by atoms with Crippen LogP contribution >= 0.6 is 23.3 Å². The topological polar surface area (TPSA) is 61.0 Å². The number of para-hydroxylation sites is 1. The van der Waals surface area contributed by atoms with E-state index in [1.165, 1.54) is 23.3 Å². The van der Waals surface area contributed by atoms with E-state index in [2.05, 4.69) is 9.36 Å². The van der Waals surface area contributed by atoms with Gasteiger partial charge in [0, 0.05) is 4.90 Å². The van der Waals surface area contributed by atoms with Crippen LogP contribution in [0.3, 0.4) is 0 Å². The largest absolute Gasteiger partial charge is 0.489 e. The van der Waals surface area contributed by atoms with Crippen molar-refractivity contribution in [3.05, 3.63) is 24.0 Å². The van der Waals surface area contributed by atoms with Crippen molar-refractivity contribution in [3.63, 3.8) is 0 Å². The Morgan fingerprint density at radius 1 is 1.39 bits per heavy atom. The van der Waals surface area contributed by atoms with Gasteiger partial charge < -0.3 is 10.5 Å². The summed E-state index contributed by atoms with van der Waals surface area (Å²) < 4.78 is 10.7. The van der Waals surface area contributed by atoms with E-state index in [-0.39, 0.29) is 6.10 Å². The third kappa shape index (κ3) is 3.14. The van der Waals surface area contributed by atoms with E-state index in [4.69, 9.17) is 10.5 Å². The zero-order valence-electron chi connectivity index (χ0n) is 10.5. The van der Waals surface area contributed by atoms with Gasteiger partial charge in [-0.1, -0.05) is 17.8 Å². The van der Waals surface area contributed by atoms with Gasteiger partial charge in [0.2, 0.25) is 0 Å². The first kappa shape index (κ1) is 13.2. The molecule has 0 spiro atoms. The van der Waals surface area contributed by atoms with Crippen molar-refractivity contribution in [1.29, 1.82) is 0 Å². The van der Waals surface area contributed by atoms with Gasteiger partial charge >= 0.3 is 0 Å². The summed E-state index contributed by atoms with van der Waals surface area (Å²) in [5, 5.41) is 0. The molecule has 4 nitrogen and oxygen atoms in total. The molecule has 96 valence electrons. The molecule has 6 heteroatoms. The van der Waals surface area contributed by atoms with Crippen molar-refractivity contribution in [3.8, 4) is 5.75 Å². The number of aromatic nitrogens is 2. The fourth-order valence-electron chi connectivity index (χ4n) is 1.38. The van der Waals surface area contributed by atoms with Gasteiger partial charge in [-0.2, -0.15) is 4.37 Å². The maximum Gasteiger partial charge on any atom is 0.174 e. The number of hydrogen-bond donors (Lipinski definition) is 1. The minimum Gasteiger partial charge on any atom is -0.489 e. The molecule has 18 heavy (non-hydrogen) atoms. The summed E-state index contributed by atoms with van der Waals surface area (Å²) in [4.78, 5) is 5.26. The Kier molecular flexibility index (Phi) is 4.08. The normalized spacial score (nSPS) is 10.9. The predicted molar refractivity (Wildman–Crippen MR) is 75.4 cm³/mol. The molecule has 0 bridgehead atoms. The Bertz CT molecular complexity index is 540. The molecular formula is C12H15N3OS2. The first-order valence-electron chi connectivity index (χ1n) is 5.59. The second-order valence-corrected chi connectivity index (χ2v) is 6.09. The van der Waals surface area contributed by atoms with E-state index in [0.717, 1.165) is 20.8 Å². The van der Waals surface area contributed by atoms with Crippen molar-refractivity contribution in [1.82, 2.24) is 9.36 Å². The number of anilines is 1. The summed E-state index contributed by atoms with van der Waals surface area (Å²) in [5.74, 6) is 1.51. The fourth-order valence-corrected chi connectivity index (χ4v) is 3.06. The van der Waals surface area contributed by atoms with Crippen LogP contribution in [-0.2, 0) is 0 Å². The monoisotopic (exact) mass is 281 g/mol. The number of nitrogens with zero attached hydrogens (tertiary/aromatic N) is 2. The zero-order valence-corrected chi connectivity index (χ0v) is 12.1. The van der Waals surface area contributed by atoms with Gasteiger partial charge in [0.25, 0.3) is 0 Å². The smallest absolute Gasteiger partial charge is 0.174 e. The Hall–Kier alpha value is -1.27. The summed E-state index contributed by atoms with van der Waals surface area (Å²) >= 11 is 2.89. The van der Waals surface area contributed by atoms with Gasteiger partial charge in [0.15, 0.2) is 4.34 Å². The highest BCUT2D eigenvalue weighted by atomic mass is 32.2. The molecule has 0 atom stereocenters. The van der Waals surface area contributed by atoms with E-state index >= 15 is 0 Å². The fraction of sp³-hybridized carbons (Fsp3) is 0.333. The van der Waals surface area contributed by atoms with Gasteiger partial charge in [0.1, 0.15) is 11.6 Å². The number of nitrogen functional groups attached to an aromatic ring is 1. The van der Waals surface area contributed by atoms with Crippen molar-refractivity contribution in [2.75, 3.05) is 5.73 Å². The third-order valence-electron chi connectivity index (χ3n) is 2.09. The van der Waals surface area contributed by atoms with Crippen LogP contribution < -0.4 is 10.5 Å². The van der Waals surface area contributed by atoms with Crippen LogP contribution in [0.25, 0.3) is 0 Å². The molecule has 0 amide bonds. The Morgan fingerprint density at radius 2 is 2.17 bits per heavy atom. The Labute approximate surface area is 115 Å². The van der Waals surface area contributed by atoms with Gasteiger partial charge in [-0.15, -0.1) is 0 Å². The van der Waals surface area contributed by atoms with E-state index in [9.17, 15) is 0 Å². The standard InChI is InChI=1S/C12H15N3OS2/c1-7(2)16-9-5-4-6-10(11(9)13)17-12-14-8(3)15-18-12/h4-7H,13H2,1-3H3. The van der Waals surface area contributed by atoms with E-state index in [1.54, 1.807) is 0 Å². The second-order valence-electron chi connectivity index (χ2n) is 4.04. The van der Waals surface area contributed by atoms with E-state index < -0.39 is 0 Å². The summed E-state index contributed by atoms with van der Waals surface area (Å²) in [7, 11) is 0. The van der Waals surface area contributed by atoms with Gasteiger partial charge in [-0.3, -0.25) is 0 Å². The first-order chi connectivity index (χ1) is 8.56.